The van der Waals surface area contributed by atoms with Crippen molar-refractivity contribution in [2.45, 2.75) is 13.8 Å². The summed E-state index contributed by atoms with van der Waals surface area (Å²) in [6.07, 6.45) is 0. The second-order valence-corrected chi connectivity index (χ2v) is 3.31. The van der Waals surface area contributed by atoms with E-state index in [0.29, 0.717) is 10.9 Å². The average Bonchev–Trinajstić information content (AvgIpc) is 2.30. The van der Waals surface area contributed by atoms with Gasteiger partial charge in [-0.2, -0.15) is 15.8 Å². The molecular formula is C12H8N4O. The van der Waals surface area contributed by atoms with Gasteiger partial charge in [-0.15, -0.1) is 0 Å². The Balaban J connectivity index is 3.99. The van der Waals surface area contributed by atoms with Gasteiger partial charge in [-0.25, -0.2) is 4.98 Å². The lowest BCUT2D eigenvalue weighted by Crippen LogP contribution is -2.24. The quantitative estimate of drug-likeness (QED) is 0.675. The van der Waals surface area contributed by atoms with E-state index in [9.17, 15) is 5.11 Å². The minimum Gasteiger partial charge on any atom is -0.512 e. The molecule has 82 valence electrons. The van der Waals surface area contributed by atoms with Gasteiger partial charge < -0.3 is 5.11 Å². The summed E-state index contributed by atoms with van der Waals surface area (Å²) in [5, 5.41) is 36.3. The van der Waals surface area contributed by atoms with Gasteiger partial charge in [-0.05, 0) is 19.9 Å². The van der Waals surface area contributed by atoms with E-state index in [1.807, 2.05) is 6.07 Å². The van der Waals surface area contributed by atoms with E-state index in [0.717, 1.165) is 0 Å². The minimum absolute atomic E-state index is 0.0357. The number of aliphatic hydroxyl groups excluding tert-OH is 1. The largest absolute Gasteiger partial charge is 0.512 e. The molecule has 1 N–H and O–H groups in total. The molecule has 0 aliphatic rings. The smallest absolute Gasteiger partial charge is 0.156 e. The average molecular weight is 224 g/mol. The molecule has 1 rings (SSSR count). The Bertz CT molecular complexity index is 691. The number of hydrogen-bond donors (Lipinski definition) is 1. The van der Waals surface area contributed by atoms with Crippen molar-refractivity contribution in [3.8, 4) is 18.2 Å². The molecule has 0 spiro atoms. The van der Waals surface area contributed by atoms with Crippen molar-refractivity contribution >= 4 is 11.3 Å². The van der Waals surface area contributed by atoms with Gasteiger partial charge in [0.2, 0.25) is 0 Å². The molecule has 0 saturated carbocycles. The van der Waals surface area contributed by atoms with Crippen LogP contribution in [0.4, 0.5) is 0 Å². The zero-order chi connectivity index (χ0) is 13.0. The minimum atomic E-state index is -0.216. The Morgan fingerprint density at radius 3 is 2.29 bits per heavy atom. The summed E-state index contributed by atoms with van der Waals surface area (Å²) in [5.74, 6) is 0.0357. The number of nitrogens with zero attached hydrogens (tertiary/aromatic N) is 4. The fourth-order valence-electron chi connectivity index (χ4n) is 1.38. The summed E-state index contributed by atoms with van der Waals surface area (Å²) in [6.45, 7) is 3.11. The van der Waals surface area contributed by atoms with Crippen molar-refractivity contribution in [3.63, 3.8) is 0 Å². The topological polar surface area (TPSA) is 104 Å². The van der Waals surface area contributed by atoms with Crippen LogP contribution in [0.2, 0.25) is 0 Å². The first-order chi connectivity index (χ1) is 8.04. The molecule has 0 radical (unpaired) electrons. The maximum absolute atomic E-state index is 9.40. The molecule has 5 nitrogen and oxygen atoms in total. The summed E-state index contributed by atoms with van der Waals surface area (Å²) < 4.78 is 0. The molecule has 0 aliphatic heterocycles. The zero-order valence-electron chi connectivity index (χ0n) is 9.31. The van der Waals surface area contributed by atoms with Crippen molar-refractivity contribution < 1.29 is 5.11 Å². The lowest BCUT2D eigenvalue weighted by atomic mass is 10.1. The Hall–Kier alpha value is -2.84. The van der Waals surface area contributed by atoms with Gasteiger partial charge in [0.15, 0.2) is 5.57 Å². The van der Waals surface area contributed by atoms with E-state index in [1.165, 1.54) is 13.0 Å². The lowest BCUT2D eigenvalue weighted by Gasteiger charge is -1.99. The van der Waals surface area contributed by atoms with Crippen molar-refractivity contribution in [1.82, 2.24) is 4.98 Å². The zero-order valence-corrected chi connectivity index (χ0v) is 9.31. The molecule has 0 bridgehead atoms. The molecular weight excluding hydrogens is 216 g/mol. The van der Waals surface area contributed by atoms with Crippen LogP contribution in [0.25, 0.3) is 11.3 Å². The van der Waals surface area contributed by atoms with Crippen LogP contribution in [0.15, 0.2) is 6.07 Å². The van der Waals surface area contributed by atoms with Crippen LogP contribution in [-0.2, 0) is 0 Å². The molecule has 0 fully saturated rings. The number of rotatable bonds is 0. The van der Waals surface area contributed by atoms with Crippen LogP contribution in [0.5, 0.6) is 0 Å². The third-order valence-electron chi connectivity index (χ3n) is 2.18. The molecule has 0 unspecified atom stereocenters. The fraction of sp³-hybridized carbons (Fsp3) is 0.167. The predicted octanol–water partition coefficient (Wildman–Crippen LogP) is 0.146. The van der Waals surface area contributed by atoms with Gasteiger partial charge in [-0.3, -0.25) is 0 Å². The third-order valence-corrected chi connectivity index (χ3v) is 2.18. The highest BCUT2D eigenvalue weighted by Gasteiger charge is 2.06. The second kappa shape index (κ2) is 4.79. The van der Waals surface area contributed by atoms with Gasteiger partial charge in [0.25, 0.3) is 0 Å². The van der Waals surface area contributed by atoms with Gasteiger partial charge in [-0.1, -0.05) is 0 Å². The van der Waals surface area contributed by atoms with Gasteiger partial charge >= 0.3 is 0 Å². The highest BCUT2D eigenvalue weighted by Crippen LogP contribution is 1.93. The summed E-state index contributed by atoms with van der Waals surface area (Å²) in [6, 6.07) is 6.66. The monoisotopic (exact) mass is 224 g/mol. The van der Waals surface area contributed by atoms with Crippen LogP contribution >= 0.6 is 0 Å². The Labute approximate surface area is 97.8 Å². The van der Waals surface area contributed by atoms with Gasteiger partial charge in [0, 0.05) is 10.9 Å². The van der Waals surface area contributed by atoms with Crippen LogP contribution < -0.4 is 10.6 Å². The van der Waals surface area contributed by atoms with E-state index < -0.39 is 0 Å². The number of aliphatic hydroxyl groups is 1. The first-order valence-corrected chi connectivity index (χ1v) is 4.67. The summed E-state index contributed by atoms with van der Waals surface area (Å²) in [4.78, 5) is 4.02. The fourth-order valence-corrected chi connectivity index (χ4v) is 1.38. The molecule has 0 saturated heterocycles. The van der Waals surface area contributed by atoms with Crippen LogP contribution in [-0.4, -0.2) is 10.1 Å². The van der Waals surface area contributed by atoms with E-state index in [4.69, 9.17) is 15.8 Å². The highest BCUT2D eigenvalue weighted by molar-refractivity contribution is 5.72. The molecule has 0 atom stereocenters. The molecule has 0 aromatic carbocycles. The number of pyridine rings is 1. The number of nitriles is 3. The van der Waals surface area contributed by atoms with Crippen molar-refractivity contribution in [2.75, 3.05) is 0 Å². The van der Waals surface area contributed by atoms with E-state index in [1.54, 1.807) is 19.1 Å². The van der Waals surface area contributed by atoms with E-state index in [-0.39, 0.29) is 22.2 Å². The first-order valence-electron chi connectivity index (χ1n) is 4.67. The van der Waals surface area contributed by atoms with Crippen molar-refractivity contribution in [1.29, 1.82) is 15.8 Å². The van der Waals surface area contributed by atoms with Crippen LogP contribution in [0, 0.1) is 40.9 Å². The molecule has 1 aromatic rings. The number of aromatic nitrogens is 1. The van der Waals surface area contributed by atoms with Crippen LogP contribution in [0.3, 0.4) is 0 Å². The molecule has 1 heterocycles. The van der Waals surface area contributed by atoms with Crippen molar-refractivity contribution in [3.05, 3.63) is 27.9 Å². The number of hydrogen-bond acceptors (Lipinski definition) is 5. The summed E-state index contributed by atoms with van der Waals surface area (Å²) in [7, 11) is 0. The second-order valence-electron chi connectivity index (χ2n) is 3.31. The molecule has 1 aromatic heterocycles. The van der Waals surface area contributed by atoms with E-state index >= 15 is 0 Å². The van der Waals surface area contributed by atoms with Crippen LogP contribution in [0.1, 0.15) is 18.2 Å². The SMILES string of the molecule is CC(O)=c1cc(C#N)c(=C(C#N)C#N)nc1C. The first kappa shape index (κ1) is 12.2. The molecule has 0 amide bonds. The standard InChI is InChI=1S/C12H8N4O/c1-7-11(8(2)17)3-9(4-13)12(16-7)10(5-14)6-15/h3,17H,1-2H3. The molecule has 17 heavy (non-hydrogen) atoms. The number of aryl methyl sites for hydroxylation is 1. The summed E-state index contributed by atoms with van der Waals surface area (Å²) >= 11 is 0. The summed E-state index contributed by atoms with van der Waals surface area (Å²) in [5.41, 5.74) is 0.339. The molecule has 5 heteroatoms. The van der Waals surface area contributed by atoms with Crippen molar-refractivity contribution in [2.24, 2.45) is 0 Å². The Morgan fingerprint density at radius 1 is 1.29 bits per heavy atom. The van der Waals surface area contributed by atoms with Gasteiger partial charge in [0.1, 0.15) is 23.6 Å². The molecule has 0 aliphatic carbocycles. The van der Waals surface area contributed by atoms with E-state index in [2.05, 4.69) is 4.98 Å². The maximum Gasteiger partial charge on any atom is 0.156 e. The highest BCUT2D eigenvalue weighted by atomic mass is 16.3. The maximum atomic E-state index is 9.40. The third kappa shape index (κ3) is 2.22. The lowest BCUT2D eigenvalue weighted by molar-refractivity contribution is 0.498. The normalized spacial score (nSPS) is 10.8. The predicted molar refractivity (Wildman–Crippen MR) is 59.3 cm³/mol. The Kier molecular flexibility index (Phi) is 3.44. The Morgan fingerprint density at radius 2 is 1.88 bits per heavy atom. The van der Waals surface area contributed by atoms with Gasteiger partial charge in [0.05, 0.1) is 11.3 Å².